The molecule has 1 saturated carbocycles. The van der Waals surface area contributed by atoms with Crippen LogP contribution in [0.5, 0.6) is 0 Å². The number of carbonyl (C=O) groups excluding carboxylic acids is 1. The summed E-state index contributed by atoms with van der Waals surface area (Å²) in [6.07, 6.45) is 2.17. The lowest BCUT2D eigenvalue weighted by molar-refractivity contribution is 0.1000. The van der Waals surface area contributed by atoms with Crippen LogP contribution in [0.15, 0.2) is 12.1 Å². The highest BCUT2D eigenvalue weighted by Crippen LogP contribution is 2.31. The minimum atomic E-state index is -0.603. The van der Waals surface area contributed by atoms with Gasteiger partial charge in [0, 0.05) is 22.9 Å². The van der Waals surface area contributed by atoms with Gasteiger partial charge in [-0.3, -0.25) is 4.79 Å². The normalized spacial score (nSPS) is 23.0. The summed E-state index contributed by atoms with van der Waals surface area (Å²) in [6.45, 7) is 3.88. The van der Waals surface area contributed by atoms with E-state index in [9.17, 15) is 9.18 Å². The Morgan fingerprint density at radius 2 is 2.12 bits per heavy atom. The quantitative estimate of drug-likeness (QED) is 0.847. The van der Waals surface area contributed by atoms with Gasteiger partial charge in [0.1, 0.15) is 5.82 Å². The highest BCUT2D eigenvalue weighted by atomic mass is 19.1. The zero-order valence-electron chi connectivity index (χ0n) is 10.1. The lowest BCUT2D eigenvalue weighted by atomic mass is 9.81. The molecule has 3 N–H and O–H groups in total. The highest BCUT2D eigenvalue weighted by molar-refractivity contribution is 5.94. The van der Waals surface area contributed by atoms with Gasteiger partial charge in [0.25, 0.3) is 0 Å². The lowest BCUT2D eigenvalue weighted by Crippen LogP contribution is -2.34. The average Bonchev–Trinajstić information content (AvgIpc) is 2.21. The van der Waals surface area contributed by atoms with E-state index >= 15 is 0 Å². The minimum absolute atomic E-state index is 0.211. The first kappa shape index (κ1) is 11.9. The molecule has 1 aliphatic carbocycles. The Balaban J connectivity index is 2.22. The zero-order valence-corrected chi connectivity index (χ0v) is 10.1. The summed E-state index contributed by atoms with van der Waals surface area (Å²) in [4.78, 5) is 11.1. The van der Waals surface area contributed by atoms with E-state index in [0.717, 1.165) is 18.8 Å². The summed E-state index contributed by atoms with van der Waals surface area (Å²) in [7, 11) is 0. The topological polar surface area (TPSA) is 55.1 Å². The van der Waals surface area contributed by atoms with E-state index in [0.29, 0.717) is 17.3 Å². The molecule has 1 fully saturated rings. The summed E-state index contributed by atoms with van der Waals surface area (Å²) in [5, 5.41) is 3.27. The van der Waals surface area contributed by atoms with Gasteiger partial charge in [-0.05, 0) is 37.8 Å². The van der Waals surface area contributed by atoms with Crippen molar-refractivity contribution in [1.82, 2.24) is 0 Å². The second-order valence-corrected chi connectivity index (χ2v) is 4.91. The first-order valence-electron chi connectivity index (χ1n) is 5.84. The molecule has 1 aromatic rings. The van der Waals surface area contributed by atoms with E-state index < -0.39 is 11.7 Å². The third-order valence-electron chi connectivity index (χ3n) is 3.36. The molecular weight excluding hydrogens is 219 g/mol. The highest BCUT2D eigenvalue weighted by Gasteiger charge is 2.25. The molecule has 17 heavy (non-hydrogen) atoms. The van der Waals surface area contributed by atoms with Crippen molar-refractivity contribution in [2.75, 3.05) is 5.32 Å². The van der Waals surface area contributed by atoms with Crippen molar-refractivity contribution in [3.63, 3.8) is 0 Å². The van der Waals surface area contributed by atoms with Crippen molar-refractivity contribution in [3.8, 4) is 0 Å². The molecule has 0 heterocycles. The van der Waals surface area contributed by atoms with Gasteiger partial charge in [0.15, 0.2) is 0 Å². The fourth-order valence-corrected chi connectivity index (χ4v) is 2.21. The van der Waals surface area contributed by atoms with Crippen molar-refractivity contribution < 1.29 is 9.18 Å². The summed E-state index contributed by atoms with van der Waals surface area (Å²) in [5.74, 6) is -0.276. The molecule has 92 valence electrons. The number of primary amides is 1. The van der Waals surface area contributed by atoms with Crippen LogP contribution in [-0.4, -0.2) is 11.9 Å². The minimum Gasteiger partial charge on any atom is -0.382 e. The van der Waals surface area contributed by atoms with E-state index in [-0.39, 0.29) is 5.56 Å². The number of halogens is 1. The Hall–Kier alpha value is -1.58. The Labute approximate surface area is 100 Å². The number of amides is 1. The molecule has 1 aromatic carbocycles. The maximum atomic E-state index is 13.6. The molecule has 0 unspecified atom stereocenters. The summed E-state index contributed by atoms with van der Waals surface area (Å²) < 4.78 is 13.6. The smallest absolute Gasteiger partial charge is 0.248 e. The molecule has 1 amide bonds. The Morgan fingerprint density at radius 3 is 2.65 bits per heavy atom. The van der Waals surface area contributed by atoms with Crippen LogP contribution >= 0.6 is 0 Å². The van der Waals surface area contributed by atoms with Gasteiger partial charge in [-0.25, -0.2) is 4.39 Å². The van der Waals surface area contributed by atoms with Gasteiger partial charge in [0.2, 0.25) is 5.91 Å². The van der Waals surface area contributed by atoms with Crippen LogP contribution in [0.2, 0.25) is 0 Å². The molecule has 0 aliphatic heterocycles. The lowest BCUT2D eigenvalue weighted by Gasteiger charge is -2.34. The van der Waals surface area contributed by atoms with Crippen molar-refractivity contribution in [1.29, 1.82) is 0 Å². The average molecular weight is 236 g/mol. The first-order valence-corrected chi connectivity index (χ1v) is 5.84. The predicted octanol–water partition coefficient (Wildman–Crippen LogP) is 2.44. The maximum Gasteiger partial charge on any atom is 0.248 e. The van der Waals surface area contributed by atoms with E-state index in [2.05, 4.69) is 12.2 Å². The Kier molecular flexibility index (Phi) is 3.05. The molecule has 0 radical (unpaired) electrons. The molecule has 0 saturated heterocycles. The summed E-state index contributed by atoms with van der Waals surface area (Å²) >= 11 is 0. The second-order valence-electron chi connectivity index (χ2n) is 4.91. The molecule has 3 nitrogen and oxygen atoms in total. The summed E-state index contributed by atoms with van der Waals surface area (Å²) in [6, 6.07) is 3.20. The maximum absolute atomic E-state index is 13.6. The SMILES string of the molecule is Cc1c(F)cc(C(N)=O)cc1NC1CC(C)C1. The van der Waals surface area contributed by atoms with Crippen LogP contribution in [-0.2, 0) is 0 Å². The molecule has 2 rings (SSSR count). The Morgan fingerprint density at radius 1 is 1.47 bits per heavy atom. The standard InChI is InChI=1S/C13H17FN2O/c1-7-3-10(4-7)16-12-6-9(13(15)17)5-11(14)8(12)2/h5-7,10,16H,3-4H2,1-2H3,(H2,15,17). The predicted molar refractivity (Wildman–Crippen MR) is 65.5 cm³/mol. The van der Waals surface area contributed by atoms with Crippen molar-refractivity contribution >= 4 is 11.6 Å². The Bertz CT molecular complexity index is 453. The van der Waals surface area contributed by atoms with Crippen LogP contribution in [0, 0.1) is 18.7 Å². The molecule has 0 spiro atoms. The van der Waals surface area contributed by atoms with E-state index in [1.807, 2.05) is 0 Å². The molecular formula is C13H17FN2O. The van der Waals surface area contributed by atoms with Gasteiger partial charge in [-0.2, -0.15) is 0 Å². The van der Waals surface area contributed by atoms with Crippen molar-refractivity contribution in [2.24, 2.45) is 11.7 Å². The largest absolute Gasteiger partial charge is 0.382 e. The molecule has 1 aliphatic rings. The first-order chi connectivity index (χ1) is 7.97. The number of carbonyl (C=O) groups is 1. The van der Waals surface area contributed by atoms with Gasteiger partial charge < -0.3 is 11.1 Å². The van der Waals surface area contributed by atoms with Crippen LogP contribution < -0.4 is 11.1 Å². The van der Waals surface area contributed by atoms with Gasteiger partial charge in [-0.1, -0.05) is 6.92 Å². The van der Waals surface area contributed by atoms with Crippen molar-refractivity contribution in [2.45, 2.75) is 32.7 Å². The number of rotatable bonds is 3. The van der Waals surface area contributed by atoms with E-state index in [4.69, 9.17) is 5.73 Å². The number of nitrogens with one attached hydrogen (secondary N) is 1. The second kappa shape index (κ2) is 4.35. The van der Waals surface area contributed by atoms with Gasteiger partial charge in [0.05, 0.1) is 0 Å². The van der Waals surface area contributed by atoms with E-state index in [1.165, 1.54) is 6.07 Å². The fourth-order valence-electron chi connectivity index (χ4n) is 2.21. The van der Waals surface area contributed by atoms with Crippen LogP contribution in [0.1, 0.15) is 35.7 Å². The van der Waals surface area contributed by atoms with Crippen LogP contribution in [0.4, 0.5) is 10.1 Å². The molecule has 0 atom stereocenters. The monoisotopic (exact) mass is 236 g/mol. The number of hydrogen-bond donors (Lipinski definition) is 2. The van der Waals surface area contributed by atoms with E-state index in [1.54, 1.807) is 13.0 Å². The molecule has 0 bridgehead atoms. The van der Waals surface area contributed by atoms with Gasteiger partial charge in [-0.15, -0.1) is 0 Å². The van der Waals surface area contributed by atoms with Crippen molar-refractivity contribution in [3.05, 3.63) is 29.1 Å². The summed E-state index contributed by atoms with van der Waals surface area (Å²) in [5.41, 5.74) is 6.59. The zero-order chi connectivity index (χ0) is 12.6. The fraction of sp³-hybridized carbons (Fsp3) is 0.462. The van der Waals surface area contributed by atoms with Crippen LogP contribution in [0.25, 0.3) is 0 Å². The number of benzene rings is 1. The molecule has 4 heteroatoms. The number of nitrogens with two attached hydrogens (primary N) is 1. The van der Waals surface area contributed by atoms with Gasteiger partial charge >= 0.3 is 0 Å². The third kappa shape index (κ3) is 2.40. The third-order valence-corrected chi connectivity index (χ3v) is 3.36. The van der Waals surface area contributed by atoms with Crippen LogP contribution in [0.3, 0.4) is 0 Å². The molecule has 0 aromatic heterocycles. The number of hydrogen-bond acceptors (Lipinski definition) is 2. The number of anilines is 1.